The van der Waals surface area contributed by atoms with Gasteiger partial charge in [0.15, 0.2) is 5.78 Å². The van der Waals surface area contributed by atoms with E-state index in [1.54, 1.807) is 24.3 Å². The zero-order valence-corrected chi connectivity index (χ0v) is 28.9. The van der Waals surface area contributed by atoms with Gasteiger partial charge in [-0.15, -0.1) is 0 Å². The lowest BCUT2D eigenvalue weighted by molar-refractivity contribution is -0.132. The minimum absolute atomic E-state index is 0.0445. The number of anilines is 2. The number of ketones is 1. The Labute approximate surface area is 307 Å². The summed E-state index contributed by atoms with van der Waals surface area (Å²) < 4.78 is 29.3. The van der Waals surface area contributed by atoms with E-state index in [1.807, 2.05) is 131 Å². The number of carbonyl (C=O) groups is 1. The molecule has 0 radical (unpaired) electrons. The third kappa shape index (κ3) is 5.21. The summed E-state index contributed by atoms with van der Waals surface area (Å²) in [4.78, 5) is 16.8. The van der Waals surface area contributed by atoms with Gasteiger partial charge in [0, 0.05) is 0 Å². The molecule has 6 aromatic rings. The molecule has 0 aromatic heterocycles. The van der Waals surface area contributed by atoms with Crippen LogP contribution in [0.15, 0.2) is 180 Å². The summed E-state index contributed by atoms with van der Waals surface area (Å²) in [5, 5.41) is 14.7. The third-order valence-electron chi connectivity index (χ3n) is 11.1. The molecule has 53 heavy (non-hydrogen) atoms. The Balaban J connectivity index is 1.34. The average Bonchev–Trinajstić information content (AvgIpc) is 3.73. The second-order valence-corrected chi connectivity index (χ2v) is 14.0. The van der Waals surface area contributed by atoms with Gasteiger partial charge in [-0.05, 0) is 90.0 Å². The third-order valence-corrected chi connectivity index (χ3v) is 11.1. The van der Waals surface area contributed by atoms with Crippen LogP contribution >= 0.6 is 0 Å². The molecule has 1 fully saturated rings. The van der Waals surface area contributed by atoms with E-state index >= 15 is 4.79 Å². The molecule has 3 aliphatic rings. The highest BCUT2D eigenvalue weighted by atomic mass is 19.1. The van der Waals surface area contributed by atoms with Gasteiger partial charge in [-0.25, -0.2) is 8.78 Å². The number of hydrogen-bond acceptors (Lipinski definition) is 5. The summed E-state index contributed by atoms with van der Waals surface area (Å²) in [7, 11) is 0. The summed E-state index contributed by atoms with van der Waals surface area (Å²) in [5.41, 5.74) is 3.88. The number of Topliss-reactive ketones (excluding diaryl/α,β-unsaturated/α-hetero) is 1. The molecule has 1 saturated carbocycles. The van der Waals surface area contributed by atoms with Crippen LogP contribution in [0.2, 0.25) is 0 Å². The zero-order valence-electron chi connectivity index (χ0n) is 28.9. The number of hydrogen-bond donors (Lipinski definition) is 0. The second kappa shape index (κ2) is 13.1. The van der Waals surface area contributed by atoms with Crippen LogP contribution in [0.3, 0.4) is 0 Å². The highest BCUT2D eigenvalue weighted by Crippen LogP contribution is 2.59. The van der Waals surface area contributed by atoms with E-state index in [-0.39, 0.29) is 17.4 Å². The maximum atomic E-state index is 16.8. The van der Waals surface area contributed by atoms with Crippen molar-refractivity contribution in [1.29, 1.82) is 0 Å². The van der Waals surface area contributed by atoms with Crippen LogP contribution < -0.4 is 10.0 Å². The first kappa shape index (κ1) is 32.7. The summed E-state index contributed by atoms with van der Waals surface area (Å²) in [6.07, 6.45) is 1.64. The van der Waals surface area contributed by atoms with E-state index in [0.29, 0.717) is 19.3 Å². The fourth-order valence-corrected chi connectivity index (χ4v) is 8.95. The largest absolute Gasteiger partial charge is 0.294 e. The van der Waals surface area contributed by atoms with Crippen LogP contribution in [0.25, 0.3) is 0 Å². The lowest BCUT2D eigenvalue weighted by Gasteiger charge is -2.53. The molecule has 1 aliphatic carbocycles. The maximum absolute atomic E-state index is 16.8. The number of benzene rings is 6. The lowest BCUT2D eigenvalue weighted by atomic mass is 9.57. The normalized spacial score (nSPS) is 23.8. The number of halogens is 2. The van der Waals surface area contributed by atoms with Crippen molar-refractivity contribution in [3.63, 3.8) is 0 Å². The average molecular weight is 699 g/mol. The molecule has 0 bridgehead atoms. The Morgan fingerprint density at radius 2 is 0.811 bits per heavy atom. The van der Waals surface area contributed by atoms with Gasteiger partial charge in [-0.3, -0.25) is 14.8 Å². The molecule has 2 heterocycles. The molecule has 5 nitrogen and oxygen atoms in total. The molecule has 7 heteroatoms. The van der Waals surface area contributed by atoms with Crippen molar-refractivity contribution in [2.75, 3.05) is 10.0 Å². The monoisotopic (exact) mass is 698 g/mol. The van der Waals surface area contributed by atoms with E-state index in [9.17, 15) is 8.78 Å². The van der Waals surface area contributed by atoms with E-state index < -0.39 is 22.9 Å². The predicted molar refractivity (Wildman–Crippen MR) is 206 cm³/mol. The van der Waals surface area contributed by atoms with Crippen molar-refractivity contribution in [2.45, 2.75) is 42.2 Å². The first-order chi connectivity index (χ1) is 26.0. The first-order valence-electron chi connectivity index (χ1n) is 18.0. The van der Waals surface area contributed by atoms with Crippen molar-refractivity contribution in [3.05, 3.63) is 204 Å². The van der Waals surface area contributed by atoms with Crippen LogP contribution in [-0.2, 0) is 4.79 Å². The van der Waals surface area contributed by atoms with Crippen LogP contribution in [0, 0.1) is 11.6 Å². The van der Waals surface area contributed by atoms with E-state index in [2.05, 4.69) is 0 Å². The van der Waals surface area contributed by atoms with Gasteiger partial charge in [-0.2, -0.15) is 10.2 Å². The number of para-hydroxylation sites is 2. The number of rotatable bonds is 6. The zero-order chi connectivity index (χ0) is 36.0. The van der Waals surface area contributed by atoms with Crippen LogP contribution in [0.1, 0.15) is 53.4 Å². The highest BCUT2D eigenvalue weighted by Gasteiger charge is 2.70. The molecule has 2 spiro atoms. The van der Waals surface area contributed by atoms with Gasteiger partial charge in [-0.1, -0.05) is 121 Å². The van der Waals surface area contributed by atoms with Gasteiger partial charge >= 0.3 is 0 Å². The summed E-state index contributed by atoms with van der Waals surface area (Å²) >= 11 is 0. The summed E-state index contributed by atoms with van der Waals surface area (Å²) in [5.74, 6) is -1.88. The van der Waals surface area contributed by atoms with E-state index in [4.69, 9.17) is 10.2 Å². The van der Waals surface area contributed by atoms with Gasteiger partial charge < -0.3 is 0 Å². The minimum Gasteiger partial charge on any atom is -0.294 e. The van der Waals surface area contributed by atoms with Gasteiger partial charge in [0.1, 0.15) is 22.7 Å². The Morgan fingerprint density at radius 3 is 1.17 bits per heavy atom. The SMILES string of the molecule is O=C1C2(CCCC13[C@H](c1ccc(F)cc1)C(c1ccccc1)=NN3c1ccccc1)[C@H](c1ccc(F)cc1)C(c1ccccc1)=NN2c1ccccc1. The molecule has 2 aliphatic heterocycles. The van der Waals surface area contributed by atoms with Gasteiger partial charge in [0.2, 0.25) is 0 Å². The smallest absolute Gasteiger partial charge is 0.190 e. The first-order valence-corrected chi connectivity index (χ1v) is 18.0. The number of carbonyl (C=O) groups excluding carboxylic acids is 1. The second-order valence-electron chi connectivity index (χ2n) is 14.0. The number of hydrazone groups is 2. The Morgan fingerprint density at radius 1 is 0.472 bits per heavy atom. The Kier molecular flexibility index (Phi) is 8.07. The Hall–Kier alpha value is -6.21. The quantitative estimate of drug-likeness (QED) is 0.174. The predicted octanol–water partition coefficient (Wildman–Crippen LogP) is 9.91. The highest BCUT2D eigenvalue weighted by molar-refractivity contribution is 6.21. The molecule has 2 unspecified atom stereocenters. The molecule has 0 saturated heterocycles. The summed E-state index contributed by atoms with van der Waals surface area (Å²) in [6, 6.07) is 52.6. The van der Waals surface area contributed by atoms with Crippen molar-refractivity contribution < 1.29 is 13.6 Å². The molecule has 4 atom stereocenters. The Bertz CT molecular complexity index is 2150. The van der Waals surface area contributed by atoms with Gasteiger partial charge in [0.05, 0.1) is 34.6 Å². The van der Waals surface area contributed by atoms with E-state index in [1.165, 1.54) is 24.3 Å². The maximum Gasteiger partial charge on any atom is 0.190 e. The fraction of sp³-hybridized carbons (Fsp3) is 0.152. The van der Waals surface area contributed by atoms with Gasteiger partial charge in [0.25, 0.3) is 0 Å². The summed E-state index contributed by atoms with van der Waals surface area (Å²) in [6.45, 7) is 0. The molecule has 0 N–H and O–H groups in total. The molecular weight excluding hydrogens is 663 g/mol. The molecule has 9 rings (SSSR count). The molecular formula is C46H36F2N4O. The number of nitrogens with zero attached hydrogens (tertiary/aromatic N) is 4. The van der Waals surface area contributed by atoms with Crippen LogP contribution in [0.4, 0.5) is 20.2 Å². The van der Waals surface area contributed by atoms with Crippen molar-refractivity contribution in [2.24, 2.45) is 10.2 Å². The standard InChI is InChI=1S/C46H36F2N4O/c47-36-26-22-32(23-27-36)40-42(34-14-5-1-6-15-34)49-51(38-18-9-3-10-19-38)45(40)30-13-31-46(44(45)53)41(33-24-28-37(48)29-25-33)43(35-16-7-2-8-17-35)50-52(46)39-20-11-4-12-21-39/h1-12,14-29,40-41H,13,30-31H2/t40-,41-,45?,46?/m1/s1. The molecule has 6 aromatic carbocycles. The fourth-order valence-electron chi connectivity index (χ4n) is 8.95. The van der Waals surface area contributed by atoms with Crippen molar-refractivity contribution in [1.82, 2.24) is 0 Å². The molecule has 260 valence electrons. The lowest BCUT2D eigenvalue weighted by Crippen LogP contribution is -2.70. The van der Waals surface area contributed by atoms with E-state index in [0.717, 1.165) is 45.1 Å². The topological polar surface area (TPSA) is 48.3 Å². The minimum atomic E-state index is -1.25. The van der Waals surface area contributed by atoms with Crippen LogP contribution in [0.5, 0.6) is 0 Å². The van der Waals surface area contributed by atoms with Crippen molar-refractivity contribution >= 4 is 28.6 Å². The molecule has 0 amide bonds. The van der Waals surface area contributed by atoms with Crippen LogP contribution in [-0.4, -0.2) is 28.3 Å². The van der Waals surface area contributed by atoms with Crippen molar-refractivity contribution in [3.8, 4) is 0 Å².